The molecular formula is C6H4ClFIN. The minimum atomic E-state index is -0.288. The van der Waals surface area contributed by atoms with Gasteiger partial charge in [-0.25, -0.2) is 4.39 Å². The van der Waals surface area contributed by atoms with Gasteiger partial charge in [-0.2, -0.15) is 0 Å². The summed E-state index contributed by atoms with van der Waals surface area (Å²) in [6, 6.07) is 4.17. The van der Waals surface area contributed by atoms with E-state index in [4.69, 9.17) is 11.6 Å². The summed E-state index contributed by atoms with van der Waals surface area (Å²) in [4.78, 5) is 0. The van der Waals surface area contributed by atoms with E-state index in [-0.39, 0.29) is 5.82 Å². The highest BCUT2D eigenvalue weighted by Crippen LogP contribution is 2.23. The van der Waals surface area contributed by atoms with E-state index in [1.54, 1.807) is 0 Å². The first-order valence-corrected chi connectivity index (χ1v) is 4.01. The quantitative estimate of drug-likeness (QED) is 0.611. The molecule has 0 saturated heterocycles. The van der Waals surface area contributed by atoms with Crippen molar-refractivity contribution in [2.24, 2.45) is 0 Å². The molecule has 0 fully saturated rings. The first-order valence-electron chi connectivity index (χ1n) is 2.55. The monoisotopic (exact) mass is 271 g/mol. The lowest BCUT2D eigenvalue weighted by Crippen LogP contribution is -1.82. The molecule has 0 atom stereocenters. The normalized spacial score (nSPS) is 9.50. The summed E-state index contributed by atoms with van der Waals surface area (Å²) in [5, 5.41) is 0.524. The van der Waals surface area contributed by atoms with E-state index in [1.165, 1.54) is 18.2 Å². The van der Waals surface area contributed by atoms with Gasteiger partial charge in [0.05, 0.1) is 33.6 Å². The Morgan fingerprint density at radius 3 is 2.70 bits per heavy atom. The molecule has 0 heterocycles. The maximum atomic E-state index is 12.4. The smallest absolute Gasteiger partial charge is 0.125 e. The van der Waals surface area contributed by atoms with Gasteiger partial charge in [-0.05, 0) is 18.2 Å². The minimum absolute atomic E-state index is 0.288. The number of halogens is 3. The van der Waals surface area contributed by atoms with Crippen molar-refractivity contribution in [3.63, 3.8) is 0 Å². The molecule has 0 radical (unpaired) electrons. The van der Waals surface area contributed by atoms with Crippen molar-refractivity contribution in [1.82, 2.24) is 0 Å². The third-order valence-electron chi connectivity index (χ3n) is 1.03. The zero-order valence-electron chi connectivity index (χ0n) is 4.87. The molecule has 54 valence electrons. The van der Waals surface area contributed by atoms with Crippen LogP contribution in [-0.2, 0) is 0 Å². The van der Waals surface area contributed by atoms with Crippen LogP contribution in [0.3, 0.4) is 0 Å². The molecule has 1 aromatic carbocycles. The summed E-state index contributed by atoms with van der Waals surface area (Å²) in [5.74, 6) is -0.288. The summed E-state index contributed by atoms with van der Waals surface area (Å²) in [6.45, 7) is 0. The van der Waals surface area contributed by atoms with Crippen LogP contribution in [0.1, 0.15) is 0 Å². The highest BCUT2D eigenvalue weighted by atomic mass is 127. The third kappa shape index (κ3) is 1.73. The number of hydrogen-bond acceptors (Lipinski definition) is 1. The summed E-state index contributed by atoms with van der Waals surface area (Å²) in [6.07, 6.45) is 0. The van der Waals surface area contributed by atoms with Crippen LogP contribution in [0.15, 0.2) is 18.2 Å². The van der Waals surface area contributed by atoms with Gasteiger partial charge in [-0.1, -0.05) is 11.6 Å². The van der Waals surface area contributed by atoms with Crippen LogP contribution in [0.5, 0.6) is 0 Å². The van der Waals surface area contributed by atoms with Crippen LogP contribution in [0.4, 0.5) is 10.1 Å². The van der Waals surface area contributed by atoms with Gasteiger partial charge in [-0.3, -0.25) is 0 Å². The Bertz CT molecular complexity index is 241. The van der Waals surface area contributed by atoms with E-state index in [0.29, 0.717) is 10.7 Å². The van der Waals surface area contributed by atoms with Crippen LogP contribution in [-0.4, -0.2) is 0 Å². The highest BCUT2D eigenvalue weighted by Gasteiger charge is 1.98. The molecule has 0 aromatic heterocycles. The molecular weight excluding hydrogens is 267 g/mol. The van der Waals surface area contributed by atoms with Gasteiger partial charge in [0.2, 0.25) is 0 Å². The lowest BCUT2D eigenvalue weighted by atomic mass is 10.3. The van der Waals surface area contributed by atoms with E-state index < -0.39 is 0 Å². The Kier molecular flexibility index (Phi) is 2.73. The maximum absolute atomic E-state index is 12.4. The predicted molar refractivity (Wildman–Crippen MR) is 49.1 cm³/mol. The largest absolute Gasteiger partial charge is 0.327 e. The van der Waals surface area contributed by atoms with Crippen molar-refractivity contribution in [2.75, 3.05) is 3.53 Å². The second-order valence-electron chi connectivity index (χ2n) is 1.72. The number of hydrogen-bond donors (Lipinski definition) is 1. The van der Waals surface area contributed by atoms with Crippen molar-refractivity contribution in [1.29, 1.82) is 0 Å². The zero-order valence-corrected chi connectivity index (χ0v) is 7.78. The van der Waals surface area contributed by atoms with Gasteiger partial charge < -0.3 is 3.53 Å². The lowest BCUT2D eigenvalue weighted by molar-refractivity contribution is 0.628. The number of anilines is 1. The predicted octanol–water partition coefficient (Wildman–Crippen LogP) is 3.24. The van der Waals surface area contributed by atoms with E-state index in [9.17, 15) is 4.39 Å². The van der Waals surface area contributed by atoms with Crippen molar-refractivity contribution in [2.45, 2.75) is 0 Å². The van der Waals surface area contributed by atoms with Gasteiger partial charge >= 0.3 is 0 Å². The molecule has 0 aliphatic carbocycles. The van der Waals surface area contributed by atoms with Gasteiger partial charge in [-0.15, -0.1) is 0 Å². The fraction of sp³-hybridized carbons (Fsp3) is 0. The minimum Gasteiger partial charge on any atom is -0.327 e. The molecule has 1 N–H and O–H groups in total. The fourth-order valence-corrected chi connectivity index (χ4v) is 1.34. The van der Waals surface area contributed by atoms with Crippen molar-refractivity contribution >= 4 is 40.2 Å². The fourth-order valence-electron chi connectivity index (χ4n) is 0.570. The Morgan fingerprint density at radius 1 is 1.50 bits per heavy atom. The van der Waals surface area contributed by atoms with E-state index in [0.717, 1.165) is 0 Å². The first kappa shape index (κ1) is 8.07. The van der Waals surface area contributed by atoms with Crippen LogP contribution in [0, 0.1) is 5.82 Å². The van der Waals surface area contributed by atoms with Crippen LogP contribution < -0.4 is 3.53 Å². The van der Waals surface area contributed by atoms with E-state index in [1.807, 2.05) is 22.9 Å². The lowest BCUT2D eigenvalue weighted by Gasteiger charge is -1.99. The Balaban J connectivity index is 3.09. The van der Waals surface area contributed by atoms with Gasteiger partial charge in [0.25, 0.3) is 0 Å². The maximum Gasteiger partial charge on any atom is 0.125 e. The van der Waals surface area contributed by atoms with Crippen molar-refractivity contribution in [3.05, 3.63) is 29.0 Å². The van der Waals surface area contributed by atoms with Gasteiger partial charge in [0.15, 0.2) is 0 Å². The van der Waals surface area contributed by atoms with Gasteiger partial charge in [0, 0.05) is 0 Å². The number of benzene rings is 1. The molecule has 1 rings (SSSR count). The average molecular weight is 271 g/mol. The molecule has 0 saturated carbocycles. The van der Waals surface area contributed by atoms with Gasteiger partial charge in [0.1, 0.15) is 5.82 Å². The van der Waals surface area contributed by atoms with E-state index >= 15 is 0 Å². The van der Waals surface area contributed by atoms with Crippen molar-refractivity contribution < 1.29 is 4.39 Å². The molecule has 0 aliphatic rings. The van der Waals surface area contributed by atoms with E-state index in [2.05, 4.69) is 3.53 Å². The average Bonchev–Trinajstić information content (AvgIpc) is 1.94. The Hall–Kier alpha value is -0.0300. The molecule has 0 aliphatic heterocycles. The standard InChI is InChI=1S/C6H4ClFIN/c7-5-2-1-4(8)3-6(5)10-9/h1-3,10H. The zero-order chi connectivity index (χ0) is 7.56. The number of nitrogens with one attached hydrogen (secondary N) is 1. The SMILES string of the molecule is Fc1ccc(Cl)c(NI)c1. The second kappa shape index (κ2) is 3.39. The molecule has 10 heavy (non-hydrogen) atoms. The summed E-state index contributed by atoms with van der Waals surface area (Å²) in [7, 11) is 0. The Morgan fingerprint density at radius 2 is 2.20 bits per heavy atom. The third-order valence-corrected chi connectivity index (χ3v) is 1.94. The molecule has 0 bridgehead atoms. The molecule has 0 spiro atoms. The summed E-state index contributed by atoms with van der Waals surface area (Å²) < 4.78 is 15.2. The topological polar surface area (TPSA) is 12.0 Å². The highest BCUT2D eigenvalue weighted by molar-refractivity contribution is 14.1. The summed E-state index contributed by atoms with van der Waals surface area (Å²) >= 11 is 7.56. The molecule has 0 unspecified atom stereocenters. The molecule has 1 aromatic rings. The molecule has 4 heteroatoms. The Labute approximate surface area is 77.1 Å². The summed E-state index contributed by atoms with van der Waals surface area (Å²) in [5.41, 5.74) is 0.599. The number of rotatable bonds is 1. The second-order valence-corrected chi connectivity index (χ2v) is 2.67. The molecule has 1 nitrogen and oxygen atoms in total. The first-order chi connectivity index (χ1) is 4.74. The van der Waals surface area contributed by atoms with Crippen LogP contribution >= 0.6 is 34.5 Å². The molecule has 0 amide bonds. The van der Waals surface area contributed by atoms with Crippen LogP contribution in [0.25, 0.3) is 0 Å². The van der Waals surface area contributed by atoms with Crippen LogP contribution in [0.2, 0.25) is 5.02 Å². The van der Waals surface area contributed by atoms with Crippen molar-refractivity contribution in [3.8, 4) is 0 Å².